The third kappa shape index (κ3) is 4.45. The molecular formula is C23H25N7O2S. The zero-order chi connectivity index (χ0) is 23.6. The first kappa shape index (κ1) is 22.5. The number of anilines is 1. The highest BCUT2D eigenvalue weighted by Crippen LogP contribution is 2.31. The maximum atomic E-state index is 11.8. The Hall–Kier alpha value is -3.71. The van der Waals surface area contributed by atoms with Crippen molar-refractivity contribution in [2.45, 2.75) is 18.1 Å². The van der Waals surface area contributed by atoms with Crippen molar-refractivity contribution < 1.29 is 8.42 Å². The van der Waals surface area contributed by atoms with Gasteiger partial charge in [-0.3, -0.25) is 4.99 Å². The van der Waals surface area contributed by atoms with Gasteiger partial charge >= 0.3 is 0 Å². The lowest BCUT2D eigenvalue weighted by molar-refractivity contribution is 0.532. The summed E-state index contributed by atoms with van der Waals surface area (Å²) in [5.41, 5.74) is 10.1. The standard InChI is InChI=1S/C23H25N7O2S/c1-26-12-18(10-24)17-9-21(23-19(11-25)14-28-30(23)15-17)16-3-4-22(27-13-16)29-7-5-20(6-8-29)33(2,31)32/h3-4,9-10,12-15,20H,5-8,24H2,1-2H3. The number of rotatable bonds is 5. The molecule has 170 valence electrons. The fraction of sp³-hybridized carbons (Fsp3) is 0.304. The Kier molecular flexibility index (Phi) is 6.16. The molecule has 1 fully saturated rings. The zero-order valence-electron chi connectivity index (χ0n) is 18.5. The molecule has 9 nitrogen and oxygen atoms in total. The number of aromatic nitrogens is 3. The topological polar surface area (TPSA) is 130 Å². The quantitative estimate of drug-likeness (QED) is 0.575. The predicted octanol–water partition coefficient (Wildman–Crippen LogP) is 2.28. The van der Waals surface area contributed by atoms with Crippen LogP contribution in [0.4, 0.5) is 5.82 Å². The van der Waals surface area contributed by atoms with Gasteiger partial charge in [-0.25, -0.2) is 17.9 Å². The molecule has 0 atom stereocenters. The molecule has 1 saturated heterocycles. The van der Waals surface area contributed by atoms with Crippen LogP contribution in [0.1, 0.15) is 24.0 Å². The van der Waals surface area contributed by atoms with Gasteiger partial charge in [0.1, 0.15) is 21.7 Å². The van der Waals surface area contributed by atoms with Crippen molar-refractivity contribution in [2.24, 2.45) is 10.7 Å². The van der Waals surface area contributed by atoms with Crippen LogP contribution in [0.3, 0.4) is 0 Å². The lowest BCUT2D eigenvalue weighted by Crippen LogP contribution is -2.39. The second kappa shape index (κ2) is 9.03. The lowest BCUT2D eigenvalue weighted by atomic mass is 10.0. The third-order valence-corrected chi connectivity index (χ3v) is 7.63. The van der Waals surface area contributed by atoms with E-state index in [1.165, 1.54) is 18.7 Å². The summed E-state index contributed by atoms with van der Waals surface area (Å²) in [7, 11) is -1.35. The molecule has 4 rings (SSSR count). The number of aliphatic imine (C=N–C) groups is 1. The highest BCUT2D eigenvalue weighted by molar-refractivity contribution is 7.91. The molecular weight excluding hydrogens is 438 g/mol. The van der Waals surface area contributed by atoms with Gasteiger partial charge in [0.15, 0.2) is 0 Å². The molecule has 33 heavy (non-hydrogen) atoms. The lowest BCUT2D eigenvalue weighted by Gasteiger charge is -2.32. The van der Waals surface area contributed by atoms with Gasteiger partial charge in [0.05, 0.1) is 22.5 Å². The Morgan fingerprint density at radius 3 is 2.64 bits per heavy atom. The highest BCUT2D eigenvalue weighted by Gasteiger charge is 2.27. The van der Waals surface area contributed by atoms with Crippen LogP contribution in [-0.2, 0) is 9.84 Å². The van der Waals surface area contributed by atoms with E-state index >= 15 is 0 Å². The fourth-order valence-corrected chi connectivity index (χ4v) is 5.25. The van der Waals surface area contributed by atoms with Gasteiger partial charge in [0, 0.05) is 73.5 Å². The third-order valence-electron chi connectivity index (χ3n) is 5.94. The molecule has 2 N–H and O–H groups in total. The molecule has 3 aromatic rings. The normalized spacial score (nSPS) is 15.9. The average Bonchev–Trinajstić information content (AvgIpc) is 3.25. The van der Waals surface area contributed by atoms with E-state index in [0.717, 1.165) is 28.1 Å². The number of nitrogens with two attached hydrogens (primary N) is 1. The molecule has 0 unspecified atom stereocenters. The maximum absolute atomic E-state index is 11.8. The molecule has 0 amide bonds. The van der Waals surface area contributed by atoms with Crippen molar-refractivity contribution in [3.8, 4) is 17.2 Å². The Morgan fingerprint density at radius 1 is 1.30 bits per heavy atom. The summed E-state index contributed by atoms with van der Waals surface area (Å²) in [6.07, 6.45) is 10.8. The summed E-state index contributed by atoms with van der Waals surface area (Å²) in [6, 6.07) is 8.03. The molecule has 0 aliphatic carbocycles. The smallest absolute Gasteiger partial charge is 0.150 e. The number of pyridine rings is 2. The van der Waals surface area contributed by atoms with Crippen molar-refractivity contribution in [2.75, 3.05) is 31.3 Å². The Labute approximate surface area is 192 Å². The van der Waals surface area contributed by atoms with Crippen LogP contribution in [-0.4, -0.2) is 60.9 Å². The number of hydrogen-bond acceptors (Lipinski definition) is 8. The largest absolute Gasteiger partial charge is 0.404 e. The Balaban J connectivity index is 1.70. The molecule has 4 heterocycles. The number of sulfone groups is 1. The van der Waals surface area contributed by atoms with Gasteiger partial charge in [0.2, 0.25) is 0 Å². The summed E-state index contributed by atoms with van der Waals surface area (Å²) in [5.74, 6) is 0.799. The van der Waals surface area contributed by atoms with Crippen LogP contribution in [0.5, 0.6) is 0 Å². The molecule has 1 aliphatic rings. The maximum Gasteiger partial charge on any atom is 0.150 e. The van der Waals surface area contributed by atoms with Crippen LogP contribution < -0.4 is 10.6 Å². The van der Waals surface area contributed by atoms with E-state index in [2.05, 4.69) is 26.0 Å². The first-order valence-corrected chi connectivity index (χ1v) is 12.5. The Morgan fingerprint density at radius 2 is 2.06 bits per heavy atom. The first-order valence-electron chi connectivity index (χ1n) is 10.5. The summed E-state index contributed by atoms with van der Waals surface area (Å²) < 4.78 is 25.3. The van der Waals surface area contributed by atoms with Crippen LogP contribution in [0.2, 0.25) is 0 Å². The minimum absolute atomic E-state index is 0.285. The molecule has 10 heteroatoms. The molecule has 3 aromatic heterocycles. The summed E-state index contributed by atoms with van der Waals surface area (Å²) in [4.78, 5) is 10.8. The van der Waals surface area contributed by atoms with Gasteiger partial charge in [-0.05, 0) is 31.0 Å². The molecule has 0 saturated carbocycles. The van der Waals surface area contributed by atoms with Crippen molar-refractivity contribution >= 4 is 33.0 Å². The van der Waals surface area contributed by atoms with Crippen molar-refractivity contribution in [3.63, 3.8) is 0 Å². The fourth-order valence-electron chi connectivity index (χ4n) is 4.18. The van der Waals surface area contributed by atoms with E-state index in [0.29, 0.717) is 37.0 Å². The molecule has 0 spiro atoms. The Bertz CT molecular complexity index is 1370. The molecule has 0 aromatic carbocycles. The van der Waals surface area contributed by atoms with Crippen molar-refractivity contribution in [3.05, 3.63) is 54.1 Å². The van der Waals surface area contributed by atoms with E-state index in [-0.39, 0.29) is 5.25 Å². The average molecular weight is 464 g/mol. The first-order chi connectivity index (χ1) is 15.9. The highest BCUT2D eigenvalue weighted by atomic mass is 32.2. The van der Waals surface area contributed by atoms with Gasteiger partial charge in [-0.1, -0.05) is 0 Å². The molecule has 0 bridgehead atoms. The minimum Gasteiger partial charge on any atom is -0.404 e. The number of piperidine rings is 1. The van der Waals surface area contributed by atoms with E-state index < -0.39 is 9.84 Å². The second-order valence-corrected chi connectivity index (χ2v) is 10.4. The molecule has 1 aliphatic heterocycles. The summed E-state index contributed by atoms with van der Waals surface area (Å²) in [5, 5.41) is 13.6. The number of fused-ring (bicyclic) bond motifs is 1. The van der Waals surface area contributed by atoms with Gasteiger partial charge in [-0.2, -0.15) is 10.4 Å². The van der Waals surface area contributed by atoms with Crippen LogP contribution in [0.15, 0.2) is 48.0 Å². The van der Waals surface area contributed by atoms with Crippen LogP contribution >= 0.6 is 0 Å². The molecule has 0 radical (unpaired) electrons. The van der Waals surface area contributed by atoms with Crippen molar-refractivity contribution in [1.29, 1.82) is 5.26 Å². The number of nitrogens with zero attached hydrogens (tertiary/aromatic N) is 6. The zero-order valence-corrected chi connectivity index (χ0v) is 19.3. The van der Waals surface area contributed by atoms with E-state index in [4.69, 9.17) is 5.73 Å². The van der Waals surface area contributed by atoms with Gasteiger partial charge in [-0.15, -0.1) is 0 Å². The van der Waals surface area contributed by atoms with E-state index in [9.17, 15) is 13.7 Å². The van der Waals surface area contributed by atoms with Crippen LogP contribution in [0, 0.1) is 11.3 Å². The van der Waals surface area contributed by atoms with E-state index in [1.807, 2.05) is 24.4 Å². The second-order valence-electron chi connectivity index (χ2n) is 8.04. The predicted molar refractivity (Wildman–Crippen MR) is 130 cm³/mol. The SMILES string of the molecule is CN=CC(=CN)c1cc(-c2ccc(N3CCC(S(C)(=O)=O)CC3)nc2)c2c(C#N)cnn2c1. The van der Waals surface area contributed by atoms with Gasteiger partial charge < -0.3 is 10.6 Å². The van der Waals surface area contributed by atoms with Gasteiger partial charge in [0.25, 0.3) is 0 Å². The summed E-state index contributed by atoms with van der Waals surface area (Å²) in [6.45, 7) is 1.29. The monoisotopic (exact) mass is 463 g/mol. The number of nitriles is 1. The van der Waals surface area contributed by atoms with E-state index in [1.54, 1.807) is 24.0 Å². The summed E-state index contributed by atoms with van der Waals surface area (Å²) >= 11 is 0. The van der Waals surface area contributed by atoms with Crippen molar-refractivity contribution in [1.82, 2.24) is 14.6 Å². The number of allylic oxidation sites excluding steroid dienone is 1. The van der Waals surface area contributed by atoms with Crippen LogP contribution in [0.25, 0.3) is 22.2 Å². The minimum atomic E-state index is -3.02. The number of hydrogen-bond donors (Lipinski definition) is 1.